The molecule has 3 heterocycles. The Bertz CT molecular complexity index is 1020. The number of benzene rings is 1. The first-order valence-electron chi connectivity index (χ1n) is 9.53. The zero-order valence-corrected chi connectivity index (χ0v) is 17.9. The van der Waals surface area contributed by atoms with Gasteiger partial charge in [-0.3, -0.25) is 9.78 Å². The SMILES string of the molecule is CCC(=O)Nc1ccc(N2C(=S)NC(c3ccccn3)C2c2cccs2)cc1C. The van der Waals surface area contributed by atoms with Gasteiger partial charge in [-0.1, -0.05) is 19.1 Å². The molecule has 5 nitrogen and oxygen atoms in total. The zero-order valence-electron chi connectivity index (χ0n) is 16.3. The van der Waals surface area contributed by atoms with Crippen molar-refractivity contribution in [1.29, 1.82) is 0 Å². The van der Waals surface area contributed by atoms with Crippen LogP contribution in [0.1, 0.15) is 41.6 Å². The highest BCUT2D eigenvalue weighted by molar-refractivity contribution is 7.80. The van der Waals surface area contributed by atoms with E-state index in [0.717, 1.165) is 22.6 Å². The third-order valence-corrected chi connectivity index (χ3v) is 6.27. The topological polar surface area (TPSA) is 57.3 Å². The van der Waals surface area contributed by atoms with Crippen molar-refractivity contribution in [3.8, 4) is 0 Å². The smallest absolute Gasteiger partial charge is 0.224 e. The molecule has 2 aromatic heterocycles. The Labute approximate surface area is 179 Å². The number of thiocarbonyl (C=S) groups is 1. The van der Waals surface area contributed by atoms with Gasteiger partial charge in [-0.25, -0.2) is 0 Å². The largest absolute Gasteiger partial charge is 0.351 e. The van der Waals surface area contributed by atoms with Crippen molar-refractivity contribution in [2.24, 2.45) is 0 Å². The molecule has 0 saturated carbocycles. The molecule has 0 radical (unpaired) electrons. The number of rotatable bonds is 5. The summed E-state index contributed by atoms with van der Waals surface area (Å²) in [5, 5.41) is 9.17. The first-order chi connectivity index (χ1) is 14.1. The van der Waals surface area contributed by atoms with E-state index in [4.69, 9.17) is 12.2 Å². The quantitative estimate of drug-likeness (QED) is 0.568. The molecule has 2 unspecified atom stereocenters. The number of pyridine rings is 1. The highest BCUT2D eigenvalue weighted by atomic mass is 32.1. The molecule has 7 heteroatoms. The predicted octanol–water partition coefficient (Wildman–Crippen LogP) is 4.98. The Balaban J connectivity index is 1.73. The van der Waals surface area contributed by atoms with Crippen molar-refractivity contribution >= 4 is 45.9 Å². The van der Waals surface area contributed by atoms with Gasteiger partial charge in [0.15, 0.2) is 5.11 Å². The summed E-state index contributed by atoms with van der Waals surface area (Å²) in [6.07, 6.45) is 2.26. The molecular weight excluding hydrogens is 400 g/mol. The lowest BCUT2D eigenvalue weighted by atomic mass is 10.0. The Morgan fingerprint density at radius 1 is 1.28 bits per heavy atom. The van der Waals surface area contributed by atoms with Gasteiger partial charge in [0.2, 0.25) is 5.91 Å². The van der Waals surface area contributed by atoms with E-state index in [-0.39, 0.29) is 18.0 Å². The number of nitrogens with zero attached hydrogens (tertiary/aromatic N) is 2. The van der Waals surface area contributed by atoms with Gasteiger partial charge in [0.05, 0.1) is 17.8 Å². The van der Waals surface area contributed by atoms with Gasteiger partial charge >= 0.3 is 0 Å². The normalized spacial score (nSPS) is 18.6. The molecule has 1 aromatic carbocycles. The number of anilines is 2. The maximum absolute atomic E-state index is 11.8. The third kappa shape index (κ3) is 3.88. The summed E-state index contributed by atoms with van der Waals surface area (Å²) in [6, 6.07) is 16.1. The van der Waals surface area contributed by atoms with Crippen molar-refractivity contribution in [3.05, 3.63) is 76.2 Å². The summed E-state index contributed by atoms with van der Waals surface area (Å²) in [6.45, 7) is 3.84. The molecule has 3 aromatic rings. The molecule has 2 atom stereocenters. The van der Waals surface area contributed by atoms with Crippen LogP contribution in [-0.4, -0.2) is 16.0 Å². The maximum atomic E-state index is 11.8. The summed E-state index contributed by atoms with van der Waals surface area (Å²) >= 11 is 7.45. The maximum Gasteiger partial charge on any atom is 0.224 e. The van der Waals surface area contributed by atoms with Crippen LogP contribution in [0.15, 0.2) is 60.1 Å². The van der Waals surface area contributed by atoms with Crippen LogP contribution in [0, 0.1) is 6.92 Å². The van der Waals surface area contributed by atoms with Crippen molar-refractivity contribution in [1.82, 2.24) is 10.3 Å². The van der Waals surface area contributed by atoms with Crippen molar-refractivity contribution in [2.45, 2.75) is 32.4 Å². The van der Waals surface area contributed by atoms with Crippen LogP contribution in [0.25, 0.3) is 0 Å². The average molecular weight is 423 g/mol. The first-order valence-corrected chi connectivity index (χ1v) is 10.8. The molecule has 4 rings (SSSR count). The van der Waals surface area contributed by atoms with Crippen molar-refractivity contribution in [3.63, 3.8) is 0 Å². The minimum Gasteiger partial charge on any atom is -0.351 e. The van der Waals surface area contributed by atoms with E-state index in [0.29, 0.717) is 11.5 Å². The van der Waals surface area contributed by atoms with Gasteiger partial charge in [-0.15, -0.1) is 11.3 Å². The molecule has 1 fully saturated rings. The van der Waals surface area contributed by atoms with Crippen LogP contribution in [0.3, 0.4) is 0 Å². The summed E-state index contributed by atoms with van der Waals surface area (Å²) in [7, 11) is 0. The molecule has 1 amide bonds. The average Bonchev–Trinajstić information content (AvgIpc) is 3.37. The lowest BCUT2D eigenvalue weighted by Crippen LogP contribution is -2.29. The summed E-state index contributed by atoms with van der Waals surface area (Å²) in [5.74, 6) is 0.00545. The number of thiophene rings is 1. The first kappa shape index (κ1) is 19.5. The van der Waals surface area contributed by atoms with Gasteiger partial charge in [0, 0.05) is 28.9 Å². The second kappa shape index (κ2) is 8.31. The number of amides is 1. The summed E-state index contributed by atoms with van der Waals surface area (Å²) in [5.41, 5.74) is 3.77. The zero-order chi connectivity index (χ0) is 20.4. The second-order valence-electron chi connectivity index (χ2n) is 6.91. The number of aryl methyl sites for hydroxylation is 1. The summed E-state index contributed by atoms with van der Waals surface area (Å²) in [4.78, 5) is 19.7. The van der Waals surface area contributed by atoms with E-state index >= 15 is 0 Å². The number of hydrogen-bond acceptors (Lipinski definition) is 4. The van der Waals surface area contributed by atoms with Gasteiger partial charge in [-0.2, -0.15) is 0 Å². The van der Waals surface area contributed by atoms with Crippen LogP contribution in [0.4, 0.5) is 11.4 Å². The molecule has 1 saturated heterocycles. The number of carbonyl (C=O) groups is 1. The van der Waals surface area contributed by atoms with Crippen LogP contribution in [-0.2, 0) is 4.79 Å². The van der Waals surface area contributed by atoms with Gasteiger partial charge in [0.25, 0.3) is 0 Å². The Kier molecular flexibility index (Phi) is 5.60. The van der Waals surface area contributed by atoms with E-state index in [9.17, 15) is 4.79 Å². The summed E-state index contributed by atoms with van der Waals surface area (Å²) < 4.78 is 0. The van der Waals surface area contributed by atoms with E-state index < -0.39 is 0 Å². The Hall–Kier alpha value is -2.77. The molecule has 0 bridgehead atoms. The molecule has 0 aliphatic carbocycles. The molecule has 29 heavy (non-hydrogen) atoms. The molecule has 1 aliphatic rings. The van der Waals surface area contributed by atoms with E-state index in [1.165, 1.54) is 4.88 Å². The fourth-order valence-electron chi connectivity index (χ4n) is 3.56. The predicted molar refractivity (Wildman–Crippen MR) is 122 cm³/mol. The standard InChI is InChI=1S/C22H22N4OS2/c1-3-19(27)24-16-10-9-15(13-14(16)2)26-21(18-8-6-12-29-18)20(25-22(26)28)17-7-4-5-11-23-17/h4-13,20-21H,3H2,1-2H3,(H,24,27)(H,25,28). The van der Waals surface area contributed by atoms with Crippen LogP contribution in [0.5, 0.6) is 0 Å². The molecule has 148 valence electrons. The van der Waals surface area contributed by atoms with E-state index in [2.05, 4.69) is 44.1 Å². The van der Waals surface area contributed by atoms with Crippen LogP contribution >= 0.6 is 23.6 Å². The van der Waals surface area contributed by atoms with Gasteiger partial charge < -0.3 is 15.5 Å². The van der Waals surface area contributed by atoms with Gasteiger partial charge in [0.1, 0.15) is 0 Å². The van der Waals surface area contributed by atoms with Gasteiger partial charge in [-0.05, 0) is 66.5 Å². The van der Waals surface area contributed by atoms with E-state index in [1.54, 1.807) is 11.3 Å². The fraction of sp³-hybridized carbons (Fsp3) is 0.227. The van der Waals surface area contributed by atoms with Crippen LogP contribution < -0.4 is 15.5 Å². The highest BCUT2D eigenvalue weighted by Gasteiger charge is 2.41. The number of carbonyl (C=O) groups excluding carboxylic acids is 1. The lowest BCUT2D eigenvalue weighted by molar-refractivity contribution is -0.115. The minimum absolute atomic E-state index is 0.00545. The van der Waals surface area contributed by atoms with Crippen molar-refractivity contribution in [2.75, 3.05) is 10.2 Å². The van der Waals surface area contributed by atoms with Crippen molar-refractivity contribution < 1.29 is 4.79 Å². The molecule has 0 spiro atoms. The van der Waals surface area contributed by atoms with E-state index in [1.807, 2.05) is 50.4 Å². The second-order valence-corrected chi connectivity index (χ2v) is 8.28. The Morgan fingerprint density at radius 2 is 2.14 bits per heavy atom. The molecule has 1 aliphatic heterocycles. The fourth-order valence-corrected chi connectivity index (χ4v) is 4.76. The highest BCUT2D eigenvalue weighted by Crippen LogP contribution is 2.43. The Morgan fingerprint density at radius 3 is 2.79 bits per heavy atom. The van der Waals surface area contributed by atoms with Crippen LogP contribution in [0.2, 0.25) is 0 Å². The molecular formula is C22H22N4OS2. The minimum atomic E-state index is -0.0397. The number of nitrogens with one attached hydrogen (secondary N) is 2. The number of hydrogen-bond donors (Lipinski definition) is 2. The third-order valence-electron chi connectivity index (χ3n) is 5.02. The lowest BCUT2D eigenvalue weighted by Gasteiger charge is -2.27. The number of aromatic nitrogens is 1. The monoisotopic (exact) mass is 422 g/mol. The molecule has 2 N–H and O–H groups in total.